The fraction of sp³-hybridized carbons (Fsp3) is 0.118. The van der Waals surface area contributed by atoms with Gasteiger partial charge in [0, 0.05) is 0 Å². The quantitative estimate of drug-likeness (QED) is 0.194. The number of hydrogen-bond acceptors (Lipinski definition) is 2. The fourth-order valence-corrected chi connectivity index (χ4v) is 2.56. The Morgan fingerprint density at radius 2 is 2.00 bits per heavy atom. The molecular weight excluding hydrogens is 288 g/mol. The van der Waals surface area contributed by atoms with Gasteiger partial charge in [-0.15, -0.1) is 0 Å². The Balaban J connectivity index is 1.76. The molecule has 0 aliphatic heterocycles. The van der Waals surface area contributed by atoms with Crippen molar-refractivity contribution in [1.29, 1.82) is 0 Å². The summed E-state index contributed by atoms with van der Waals surface area (Å²) in [5, 5.41) is 6.36. The molecule has 23 heavy (non-hydrogen) atoms. The Morgan fingerprint density at radius 1 is 1.22 bits per heavy atom. The van der Waals surface area contributed by atoms with Gasteiger partial charge in [0.2, 0.25) is 6.33 Å². The zero-order valence-electron chi connectivity index (χ0n) is 13.0. The van der Waals surface area contributed by atoms with Crippen molar-refractivity contribution in [3.05, 3.63) is 66.0 Å². The fourth-order valence-electron chi connectivity index (χ4n) is 2.56. The van der Waals surface area contributed by atoms with E-state index in [1.54, 1.807) is 6.21 Å². The van der Waals surface area contributed by atoms with E-state index in [1.165, 1.54) is 22.9 Å². The maximum atomic E-state index is 5.10. The van der Waals surface area contributed by atoms with Crippen LogP contribution in [0.5, 0.6) is 0 Å². The summed E-state index contributed by atoms with van der Waals surface area (Å²) in [7, 11) is 2.07. The van der Waals surface area contributed by atoms with E-state index in [1.807, 2.05) is 12.1 Å². The molecule has 0 spiro atoms. The monoisotopic (exact) mass is 308 g/mol. The summed E-state index contributed by atoms with van der Waals surface area (Å²) in [5.74, 6) is 5.10. The van der Waals surface area contributed by atoms with Gasteiger partial charge in [-0.25, -0.2) is 9.13 Å². The van der Waals surface area contributed by atoms with Crippen LogP contribution in [-0.4, -0.2) is 17.1 Å². The van der Waals surface area contributed by atoms with Crippen LogP contribution in [0.2, 0.25) is 0 Å². The average molecular weight is 308 g/mol. The van der Waals surface area contributed by atoms with Crippen LogP contribution in [0.25, 0.3) is 11.0 Å². The molecule has 1 aromatic heterocycles. The predicted molar refractivity (Wildman–Crippen MR) is 90.6 cm³/mol. The van der Waals surface area contributed by atoms with E-state index < -0.39 is 0 Å². The van der Waals surface area contributed by atoms with Crippen molar-refractivity contribution in [3.8, 4) is 0 Å². The summed E-state index contributed by atoms with van der Waals surface area (Å²) in [6, 6.07) is 16.7. The minimum atomic E-state index is 0.835. The standard InChI is InChI=1S/C17H19N6/c1-22-13-23(17-5-3-2-4-16(17)22)11-15-8-6-14(7-9-15)10-20-21-12-19-18/h2-10,12-13H,11,18H2,1H3,(H,19,21)/q+1/p+1/b20-10-. The number of hydrazine groups is 1. The van der Waals surface area contributed by atoms with Gasteiger partial charge in [-0.05, 0) is 23.3 Å². The Labute approximate surface area is 134 Å². The molecule has 3 rings (SSSR count). The molecule has 0 radical (unpaired) electrons. The third kappa shape index (κ3) is 3.37. The number of hydrogen-bond donors (Lipinski definition) is 3. The first-order chi connectivity index (χ1) is 11.3. The number of hydrazone groups is 2. The minimum Gasteiger partial charge on any atom is -0.276 e. The first-order valence-electron chi connectivity index (χ1n) is 7.37. The van der Waals surface area contributed by atoms with E-state index in [0.29, 0.717) is 0 Å². The van der Waals surface area contributed by atoms with Gasteiger partial charge in [-0.2, -0.15) is 10.5 Å². The second-order valence-corrected chi connectivity index (χ2v) is 5.28. The second kappa shape index (κ2) is 6.74. The van der Waals surface area contributed by atoms with Crippen LogP contribution in [0.1, 0.15) is 11.1 Å². The molecule has 0 saturated carbocycles. The van der Waals surface area contributed by atoms with E-state index in [9.17, 15) is 0 Å². The zero-order chi connectivity index (χ0) is 16.1. The number of benzene rings is 2. The Bertz CT molecular complexity index is 845. The summed E-state index contributed by atoms with van der Waals surface area (Å²) in [6.45, 7) is 0.835. The van der Waals surface area contributed by atoms with Crippen LogP contribution < -0.4 is 20.9 Å². The Morgan fingerprint density at radius 3 is 2.78 bits per heavy atom. The molecule has 0 bridgehead atoms. The minimum absolute atomic E-state index is 0.835. The highest BCUT2D eigenvalue weighted by molar-refractivity contribution is 5.80. The third-order valence-electron chi connectivity index (χ3n) is 3.65. The van der Waals surface area contributed by atoms with Crippen LogP contribution in [0.3, 0.4) is 0 Å². The summed E-state index contributed by atoms with van der Waals surface area (Å²) in [5.41, 5.74) is 7.39. The number of fused-ring (bicyclic) bond motifs is 1. The number of nitrogens with one attached hydrogen (secondary N) is 2. The van der Waals surface area contributed by atoms with Crippen molar-refractivity contribution < 1.29 is 9.67 Å². The molecule has 1 heterocycles. The van der Waals surface area contributed by atoms with Crippen molar-refractivity contribution in [2.75, 3.05) is 0 Å². The molecule has 0 atom stereocenters. The lowest BCUT2D eigenvalue weighted by Gasteiger charge is -2.00. The molecule has 0 amide bonds. The molecular formula is C17H20N6+2. The van der Waals surface area contributed by atoms with Gasteiger partial charge in [0.25, 0.3) is 6.34 Å². The molecule has 6 heteroatoms. The van der Waals surface area contributed by atoms with Gasteiger partial charge in [0.1, 0.15) is 6.54 Å². The maximum absolute atomic E-state index is 5.10. The van der Waals surface area contributed by atoms with Crippen molar-refractivity contribution in [2.24, 2.45) is 18.0 Å². The molecule has 2 aromatic carbocycles. The first-order valence-corrected chi connectivity index (χ1v) is 7.37. The lowest BCUT2D eigenvalue weighted by Crippen LogP contribution is -2.78. The highest BCUT2D eigenvalue weighted by Gasteiger charge is 2.12. The van der Waals surface area contributed by atoms with E-state index in [0.717, 1.165) is 12.1 Å². The summed E-state index contributed by atoms with van der Waals surface area (Å²) >= 11 is 0. The van der Waals surface area contributed by atoms with Crippen LogP contribution >= 0.6 is 0 Å². The molecule has 0 saturated heterocycles. The molecule has 0 unspecified atom stereocenters. The first kappa shape index (κ1) is 14.8. The molecule has 3 aromatic rings. The number of para-hydroxylation sites is 2. The average Bonchev–Trinajstić information content (AvgIpc) is 2.90. The highest BCUT2D eigenvalue weighted by Crippen LogP contribution is 2.13. The number of aromatic nitrogens is 2. The lowest BCUT2D eigenvalue weighted by molar-refractivity contribution is -0.645. The van der Waals surface area contributed by atoms with E-state index in [4.69, 9.17) is 5.84 Å². The van der Waals surface area contributed by atoms with Crippen molar-refractivity contribution in [1.82, 2.24) is 9.99 Å². The molecule has 4 N–H and O–H groups in total. The Kier molecular flexibility index (Phi) is 4.33. The topological polar surface area (TPSA) is 73.2 Å². The molecule has 0 aliphatic carbocycles. The largest absolute Gasteiger partial charge is 0.277 e. The predicted octanol–water partition coefficient (Wildman–Crippen LogP) is -0.580. The van der Waals surface area contributed by atoms with E-state index in [-0.39, 0.29) is 0 Å². The van der Waals surface area contributed by atoms with Gasteiger partial charge in [0.05, 0.1) is 13.3 Å². The van der Waals surface area contributed by atoms with Gasteiger partial charge >= 0.3 is 0 Å². The lowest BCUT2D eigenvalue weighted by atomic mass is 10.1. The van der Waals surface area contributed by atoms with Gasteiger partial charge < -0.3 is 0 Å². The number of nitrogens with two attached hydrogens (primary N) is 1. The molecule has 0 fully saturated rings. The van der Waals surface area contributed by atoms with Crippen molar-refractivity contribution >= 4 is 23.6 Å². The van der Waals surface area contributed by atoms with Crippen LogP contribution in [0, 0.1) is 0 Å². The highest BCUT2D eigenvalue weighted by atomic mass is 15.3. The molecule has 0 aliphatic rings. The maximum Gasteiger partial charge on any atom is 0.277 e. The summed E-state index contributed by atoms with van der Waals surface area (Å²) in [4.78, 5) is 0. The number of nitrogens with zero attached hydrogens (tertiary/aromatic N) is 3. The van der Waals surface area contributed by atoms with Crippen LogP contribution in [-0.2, 0) is 13.6 Å². The smallest absolute Gasteiger partial charge is 0.276 e. The second-order valence-electron chi connectivity index (χ2n) is 5.28. The van der Waals surface area contributed by atoms with Crippen LogP contribution in [0.4, 0.5) is 0 Å². The SMILES string of the molecule is C[n+]1cn(Cc2ccc(/C=N\NC=[NH+]N)cc2)c2ccccc21. The number of rotatable bonds is 5. The van der Waals surface area contributed by atoms with Gasteiger partial charge in [-0.3, -0.25) is 5.84 Å². The number of aryl methyl sites for hydroxylation is 1. The zero-order valence-corrected chi connectivity index (χ0v) is 13.0. The summed E-state index contributed by atoms with van der Waals surface area (Å²) in [6.07, 6.45) is 5.31. The van der Waals surface area contributed by atoms with Gasteiger partial charge in [-0.1, -0.05) is 41.5 Å². The summed E-state index contributed by atoms with van der Waals surface area (Å²) < 4.78 is 4.39. The normalized spacial score (nSPS) is 11.7. The molecule has 116 valence electrons. The van der Waals surface area contributed by atoms with Crippen molar-refractivity contribution in [3.63, 3.8) is 0 Å². The van der Waals surface area contributed by atoms with Gasteiger partial charge in [0.15, 0.2) is 11.0 Å². The molecule has 6 nitrogen and oxygen atoms in total. The van der Waals surface area contributed by atoms with E-state index in [2.05, 4.69) is 74.5 Å². The third-order valence-corrected chi connectivity index (χ3v) is 3.65. The van der Waals surface area contributed by atoms with Crippen LogP contribution in [0.15, 0.2) is 60.0 Å². The van der Waals surface area contributed by atoms with Crippen molar-refractivity contribution in [2.45, 2.75) is 6.54 Å². The number of imidazole rings is 1. The van der Waals surface area contributed by atoms with E-state index >= 15 is 0 Å². The Hall–Kier alpha value is -3.15.